The first-order chi connectivity index (χ1) is 13.0. The van der Waals surface area contributed by atoms with E-state index in [0.717, 1.165) is 38.4 Å². The van der Waals surface area contributed by atoms with E-state index in [2.05, 4.69) is 26.0 Å². The summed E-state index contributed by atoms with van der Waals surface area (Å²) in [7, 11) is 0. The fraction of sp³-hybridized carbons (Fsp3) is 0.208. The van der Waals surface area contributed by atoms with Gasteiger partial charge in [-0.2, -0.15) is 0 Å². The van der Waals surface area contributed by atoms with Crippen molar-refractivity contribution in [2.75, 3.05) is 0 Å². The van der Waals surface area contributed by atoms with Crippen LogP contribution >= 0.6 is 0 Å². The Kier molecular flexibility index (Phi) is 4.44. The van der Waals surface area contributed by atoms with E-state index in [0.29, 0.717) is 5.75 Å². The van der Waals surface area contributed by atoms with Gasteiger partial charge in [0.15, 0.2) is 0 Å². The zero-order valence-electron chi connectivity index (χ0n) is 15.8. The number of furan rings is 1. The Morgan fingerprint density at radius 3 is 2.70 bits per heavy atom. The molecule has 0 spiro atoms. The predicted octanol–water partition coefficient (Wildman–Crippen LogP) is 6.17. The molecule has 0 saturated carbocycles. The van der Waals surface area contributed by atoms with Gasteiger partial charge in [-0.1, -0.05) is 56.3 Å². The molecule has 136 valence electrons. The van der Waals surface area contributed by atoms with Gasteiger partial charge in [0.25, 0.3) is 0 Å². The predicted molar refractivity (Wildman–Crippen MR) is 108 cm³/mol. The molecule has 0 aliphatic heterocycles. The lowest BCUT2D eigenvalue weighted by atomic mass is 10.0. The van der Waals surface area contributed by atoms with Crippen molar-refractivity contribution < 1.29 is 13.9 Å². The number of rotatable bonds is 4. The van der Waals surface area contributed by atoms with E-state index in [1.807, 2.05) is 49.4 Å². The monoisotopic (exact) mass is 358 g/mol. The zero-order valence-corrected chi connectivity index (χ0v) is 15.8. The Hall–Kier alpha value is -3.07. The van der Waals surface area contributed by atoms with Gasteiger partial charge in [0.05, 0.1) is 12.7 Å². The zero-order chi connectivity index (χ0) is 19.0. The number of hydrogen-bond acceptors (Lipinski definition) is 3. The summed E-state index contributed by atoms with van der Waals surface area (Å²) in [4.78, 5) is 12.7. The van der Waals surface area contributed by atoms with Gasteiger partial charge in [-0.3, -0.25) is 4.79 Å². The third-order valence-electron chi connectivity index (χ3n) is 4.89. The van der Waals surface area contributed by atoms with Crippen molar-refractivity contribution in [2.24, 2.45) is 0 Å². The third-order valence-corrected chi connectivity index (χ3v) is 4.89. The standard InChI is InChI=1S/C24H22O3/c1-15(2)19-10-8-16(3)12-22(19)27-23(25)13-18-14-26-21-11-9-17-6-4-5-7-20(17)24(18)21/h4-12,14-15H,13H2,1-3H3. The van der Waals surface area contributed by atoms with Crippen LogP contribution < -0.4 is 4.74 Å². The number of esters is 1. The normalized spacial score (nSPS) is 11.4. The van der Waals surface area contributed by atoms with Gasteiger partial charge in [-0.05, 0) is 46.9 Å². The fourth-order valence-electron chi connectivity index (χ4n) is 3.53. The molecule has 0 aliphatic rings. The number of fused-ring (bicyclic) bond motifs is 3. The smallest absolute Gasteiger partial charge is 0.315 e. The van der Waals surface area contributed by atoms with E-state index in [9.17, 15) is 4.79 Å². The summed E-state index contributed by atoms with van der Waals surface area (Å²) < 4.78 is 11.4. The summed E-state index contributed by atoms with van der Waals surface area (Å²) in [6.07, 6.45) is 1.84. The van der Waals surface area contributed by atoms with Gasteiger partial charge in [0.1, 0.15) is 11.3 Å². The molecule has 0 unspecified atom stereocenters. The number of ether oxygens (including phenoxy) is 1. The fourth-order valence-corrected chi connectivity index (χ4v) is 3.53. The molecule has 0 radical (unpaired) electrons. The van der Waals surface area contributed by atoms with Crippen molar-refractivity contribution in [3.8, 4) is 5.75 Å². The SMILES string of the molecule is Cc1ccc(C(C)C)c(OC(=O)Cc2coc3ccc4ccccc4c23)c1. The van der Waals surface area contributed by atoms with Gasteiger partial charge in [-0.15, -0.1) is 0 Å². The first-order valence-electron chi connectivity index (χ1n) is 9.22. The second kappa shape index (κ2) is 6.92. The number of benzene rings is 3. The largest absolute Gasteiger partial charge is 0.464 e. The van der Waals surface area contributed by atoms with Crippen molar-refractivity contribution in [1.82, 2.24) is 0 Å². The van der Waals surface area contributed by atoms with Gasteiger partial charge < -0.3 is 9.15 Å². The van der Waals surface area contributed by atoms with Crippen LogP contribution in [-0.4, -0.2) is 5.97 Å². The summed E-state index contributed by atoms with van der Waals surface area (Å²) in [6.45, 7) is 6.19. The molecule has 3 nitrogen and oxygen atoms in total. The molecule has 0 atom stereocenters. The molecule has 0 aliphatic carbocycles. The minimum atomic E-state index is -0.280. The van der Waals surface area contributed by atoms with E-state index in [-0.39, 0.29) is 18.3 Å². The maximum Gasteiger partial charge on any atom is 0.315 e. The number of carbonyl (C=O) groups is 1. The summed E-state index contributed by atoms with van der Waals surface area (Å²) in [5.41, 5.74) is 3.75. The van der Waals surface area contributed by atoms with Crippen LogP contribution in [0.15, 0.2) is 65.3 Å². The number of carbonyl (C=O) groups excluding carboxylic acids is 1. The van der Waals surface area contributed by atoms with Crippen molar-refractivity contribution in [2.45, 2.75) is 33.1 Å². The van der Waals surface area contributed by atoms with E-state index in [4.69, 9.17) is 9.15 Å². The molecule has 0 N–H and O–H groups in total. The van der Waals surface area contributed by atoms with Crippen molar-refractivity contribution in [3.63, 3.8) is 0 Å². The molecule has 0 saturated heterocycles. The van der Waals surface area contributed by atoms with E-state index in [1.54, 1.807) is 6.26 Å². The minimum Gasteiger partial charge on any atom is -0.464 e. The Morgan fingerprint density at radius 2 is 1.89 bits per heavy atom. The highest BCUT2D eigenvalue weighted by molar-refractivity contribution is 6.08. The van der Waals surface area contributed by atoms with E-state index < -0.39 is 0 Å². The average Bonchev–Trinajstić information content (AvgIpc) is 3.04. The lowest BCUT2D eigenvalue weighted by molar-refractivity contribution is -0.133. The summed E-state index contributed by atoms with van der Waals surface area (Å²) >= 11 is 0. The van der Waals surface area contributed by atoms with Gasteiger partial charge in [0.2, 0.25) is 0 Å². The molecule has 3 aromatic carbocycles. The van der Waals surface area contributed by atoms with Crippen LogP contribution in [0, 0.1) is 6.92 Å². The molecule has 0 bridgehead atoms. The van der Waals surface area contributed by atoms with Crippen LogP contribution in [0.4, 0.5) is 0 Å². The molecule has 4 aromatic rings. The molecule has 1 heterocycles. The topological polar surface area (TPSA) is 39.4 Å². The minimum absolute atomic E-state index is 0.173. The molecule has 0 amide bonds. The first kappa shape index (κ1) is 17.3. The van der Waals surface area contributed by atoms with Crippen LogP contribution in [0.1, 0.15) is 36.5 Å². The lowest BCUT2D eigenvalue weighted by Gasteiger charge is -2.13. The Morgan fingerprint density at radius 1 is 1.07 bits per heavy atom. The van der Waals surface area contributed by atoms with Gasteiger partial charge >= 0.3 is 5.97 Å². The quantitative estimate of drug-likeness (QED) is 0.324. The second-order valence-electron chi connectivity index (χ2n) is 7.27. The Balaban J connectivity index is 1.66. The highest BCUT2D eigenvalue weighted by Crippen LogP contribution is 2.31. The maximum absolute atomic E-state index is 12.7. The third kappa shape index (κ3) is 3.33. The molecule has 0 fully saturated rings. The summed E-state index contributed by atoms with van der Waals surface area (Å²) in [6, 6.07) is 18.1. The highest BCUT2D eigenvalue weighted by atomic mass is 16.5. The van der Waals surface area contributed by atoms with Crippen LogP contribution in [0.5, 0.6) is 5.75 Å². The molecular formula is C24H22O3. The number of hydrogen-bond donors (Lipinski definition) is 0. The van der Waals surface area contributed by atoms with Crippen LogP contribution in [0.3, 0.4) is 0 Å². The van der Waals surface area contributed by atoms with Crippen LogP contribution in [0.2, 0.25) is 0 Å². The van der Waals surface area contributed by atoms with Crippen LogP contribution in [-0.2, 0) is 11.2 Å². The maximum atomic E-state index is 12.7. The Bertz CT molecular complexity index is 1140. The van der Waals surface area contributed by atoms with Gasteiger partial charge in [-0.25, -0.2) is 0 Å². The second-order valence-corrected chi connectivity index (χ2v) is 7.27. The lowest BCUT2D eigenvalue weighted by Crippen LogP contribution is -2.12. The molecule has 27 heavy (non-hydrogen) atoms. The van der Waals surface area contributed by atoms with Crippen molar-refractivity contribution >= 4 is 27.7 Å². The van der Waals surface area contributed by atoms with Gasteiger partial charge in [0, 0.05) is 10.9 Å². The number of aryl methyl sites for hydroxylation is 1. The van der Waals surface area contributed by atoms with Crippen molar-refractivity contribution in [1.29, 1.82) is 0 Å². The van der Waals surface area contributed by atoms with E-state index in [1.165, 1.54) is 0 Å². The highest BCUT2D eigenvalue weighted by Gasteiger charge is 2.17. The average molecular weight is 358 g/mol. The first-order valence-corrected chi connectivity index (χ1v) is 9.22. The van der Waals surface area contributed by atoms with Crippen molar-refractivity contribution in [3.05, 3.63) is 77.6 Å². The molecule has 1 aromatic heterocycles. The van der Waals surface area contributed by atoms with E-state index >= 15 is 0 Å². The molecular weight excluding hydrogens is 336 g/mol. The summed E-state index contributed by atoms with van der Waals surface area (Å²) in [5, 5.41) is 3.20. The molecule has 4 rings (SSSR count). The molecule has 3 heteroatoms. The summed E-state index contributed by atoms with van der Waals surface area (Å²) in [5.74, 6) is 0.651. The van der Waals surface area contributed by atoms with Crippen LogP contribution in [0.25, 0.3) is 21.7 Å². The Labute approximate surface area is 158 Å².